The van der Waals surface area contributed by atoms with E-state index in [1.165, 1.54) is 25.9 Å². The summed E-state index contributed by atoms with van der Waals surface area (Å²) >= 11 is 0. The topological polar surface area (TPSA) is 24.9 Å². The van der Waals surface area contributed by atoms with Gasteiger partial charge in [-0.1, -0.05) is 18.2 Å². The Morgan fingerprint density at radius 3 is 2.95 bits per heavy atom. The van der Waals surface area contributed by atoms with E-state index in [0.29, 0.717) is 11.5 Å². The Kier molecular flexibility index (Phi) is 4.11. The second kappa shape index (κ2) is 6.08. The van der Waals surface area contributed by atoms with E-state index in [-0.39, 0.29) is 0 Å². The van der Waals surface area contributed by atoms with E-state index in [9.17, 15) is 0 Å². The van der Waals surface area contributed by atoms with Crippen LogP contribution in [0.3, 0.4) is 0 Å². The number of hydrogen-bond donors (Lipinski definition) is 0. The molecule has 2 aliphatic heterocycles. The molecule has 2 heterocycles. The minimum absolute atomic E-state index is 0.486. The Morgan fingerprint density at radius 1 is 1.36 bits per heavy atom. The average Bonchev–Trinajstić information content (AvgIpc) is 3.16. The van der Waals surface area contributed by atoms with Gasteiger partial charge in [0.25, 0.3) is 0 Å². The van der Waals surface area contributed by atoms with Gasteiger partial charge in [0.1, 0.15) is 0 Å². The third-order valence-electron chi connectivity index (χ3n) is 5.99. The zero-order valence-electron chi connectivity index (χ0n) is 13.7. The lowest BCUT2D eigenvalue weighted by atomic mass is 9.88. The first-order valence-electron chi connectivity index (χ1n) is 8.74. The highest BCUT2D eigenvalue weighted by Crippen LogP contribution is 2.62. The Labute approximate surface area is 133 Å². The van der Waals surface area contributed by atoms with Gasteiger partial charge in [-0.2, -0.15) is 0 Å². The smallest absolute Gasteiger partial charge is 0.0594 e. The molecule has 0 N–H and O–H groups in total. The summed E-state index contributed by atoms with van der Waals surface area (Å²) in [6.07, 6.45) is 9.99. The van der Waals surface area contributed by atoms with Crippen LogP contribution in [0.5, 0.6) is 0 Å². The molecule has 4 aliphatic rings. The van der Waals surface area contributed by atoms with Crippen molar-refractivity contribution in [2.75, 3.05) is 59.7 Å². The maximum Gasteiger partial charge on any atom is 0.0594 e. The average molecular weight is 304 g/mol. The Hall–Kier alpha value is -0.680. The summed E-state index contributed by atoms with van der Waals surface area (Å²) in [4.78, 5) is 5.15. The van der Waals surface area contributed by atoms with E-state index in [1.807, 2.05) is 0 Å². The first-order chi connectivity index (χ1) is 10.8. The molecule has 2 aliphatic carbocycles. The van der Waals surface area contributed by atoms with Crippen LogP contribution in [0.15, 0.2) is 23.8 Å². The van der Waals surface area contributed by atoms with E-state index in [2.05, 4.69) is 28.0 Å². The minimum Gasteiger partial charge on any atom is -0.383 e. The van der Waals surface area contributed by atoms with E-state index >= 15 is 0 Å². The lowest BCUT2D eigenvalue weighted by molar-refractivity contribution is 0.0258. The number of allylic oxidation sites excluding steroid dienone is 1. The van der Waals surface area contributed by atoms with Crippen molar-refractivity contribution < 1.29 is 9.47 Å². The zero-order chi connectivity index (χ0) is 15.0. The molecule has 1 unspecified atom stereocenters. The predicted molar refractivity (Wildman–Crippen MR) is 86.9 cm³/mol. The first kappa shape index (κ1) is 14.9. The molecule has 0 bridgehead atoms. The van der Waals surface area contributed by atoms with E-state index in [1.54, 1.807) is 12.7 Å². The fraction of sp³-hybridized carbons (Fsp3) is 0.778. The number of ether oxygens (including phenoxy) is 2. The van der Waals surface area contributed by atoms with Gasteiger partial charge in [-0.15, -0.1) is 0 Å². The minimum atomic E-state index is 0.486. The van der Waals surface area contributed by atoms with Crippen LogP contribution in [0.1, 0.15) is 12.8 Å². The molecule has 0 radical (unpaired) electrons. The molecule has 0 aromatic carbocycles. The van der Waals surface area contributed by atoms with Gasteiger partial charge in [0.2, 0.25) is 0 Å². The third-order valence-corrected chi connectivity index (χ3v) is 5.99. The van der Waals surface area contributed by atoms with Crippen LogP contribution in [0, 0.1) is 11.3 Å². The van der Waals surface area contributed by atoms with Gasteiger partial charge >= 0.3 is 0 Å². The van der Waals surface area contributed by atoms with Crippen LogP contribution in [-0.4, -0.2) is 75.5 Å². The molecule has 0 aromatic rings. The molecular formula is C18H28N2O2. The second-order valence-corrected chi connectivity index (χ2v) is 7.26. The number of morpholine rings is 1. The predicted octanol–water partition coefficient (Wildman–Crippen LogP) is 1.54. The van der Waals surface area contributed by atoms with Crippen molar-refractivity contribution in [1.82, 2.24) is 9.80 Å². The van der Waals surface area contributed by atoms with Crippen molar-refractivity contribution >= 4 is 0 Å². The molecule has 1 saturated carbocycles. The summed E-state index contributed by atoms with van der Waals surface area (Å²) in [6, 6.07) is 0.590. The van der Waals surface area contributed by atoms with Crippen molar-refractivity contribution in [3.63, 3.8) is 0 Å². The molecule has 3 fully saturated rings. The molecule has 4 rings (SSSR count). The number of methoxy groups -OCH3 is 1. The van der Waals surface area contributed by atoms with Crippen molar-refractivity contribution in [3.05, 3.63) is 23.8 Å². The number of fused-ring (bicyclic) bond motifs is 1. The molecule has 122 valence electrons. The number of piperidine rings is 1. The fourth-order valence-corrected chi connectivity index (χ4v) is 4.58. The highest BCUT2D eigenvalue weighted by Gasteiger charge is 2.60. The Balaban J connectivity index is 1.35. The molecule has 0 aromatic heterocycles. The molecule has 0 spiro atoms. The SMILES string of the molecule is COCCN1C[C@H]2C[C@@]2(C2=CCC(N3CCOCC3)C=C2)C1. The molecule has 22 heavy (non-hydrogen) atoms. The van der Waals surface area contributed by atoms with E-state index in [0.717, 1.165) is 45.4 Å². The normalized spacial score (nSPS) is 38.9. The summed E-state index contributed by atoms with van der Waals surface area (Å²) in [5, 5.41) is 0. The number of likely N-dealkylation sites (tertiary alicyclic amines) is 1. The molecule has 3 atom stereocenters. The highest BCUT2D eigenvalue weighted by molar-refractivity contribution is 5.40. The van der Waals surface area contributed by atoms with Crippen molar-refractivity contribution in [1.29, 1.82) is 0 Å². The van der Waals surface area contributed by atoms with Gasteiger partial charge < -0.3 is 9.47 Å². The molecular weight excluding hydrogens is 276 g/mol. The lowest BCUT2D eigenvalue weighted by Crippen LogP contribution is -2.43. The maximum absolute atomic E-state index is 5.46. The molecule has 4 nitrogen and oxygen atoms in total. The summed E-state index contributed by atoms with van der Waals surface area (Å²) in [5.41, 5.74) is 2.10. The summed E-state index contributed by atoms with van der Waals surface area (Å²) in [6.45, 7) is 8.38. The third kappa shape index (κ3) is 2.67. The van der Waals surface area contributed by atoms with Crippen molar-refractivity contribution in [2.24, 2.45) is 11.3 Å². The standard InChI is InChI=1S/C18H28N2O2/c1-21-9-6-19-13-16-12-18(16,14-19)15-2-4-17(5-3-15)20-7-10-22-11-8-20/h2-4,16-17H,5-14H2,1H3/t16-,17?,18+/m1/s1. The molecule has 0 amide bonds. The van der Waals surface area contributed by atoms with Crippen LogP contribution in [0.25, 0.3) is 0 Å². The Bertz CT molecular complexity index is 470. The number of hydrogen-bond acceptors (Lipinski definition) is 4. The van der Waals surface area contributed by atoms with Gasteiger partial charge in [0.15, 0.2) is 0 Å². The maximum atomic E-state index is 5.46. The lowest BCUT2D eigenvalue weighted by Gasteiger charge is -2.34. The zero-order valence-corrected chi connectivity index (χ0v) is 13.7. The first-order valence-corrected chi connectivity index (χ1v) is 8.74. The van der Waals surface area contributed by atoms with Gasteiger partial charge in [0.05, 0.1) is 19.8 Å². The van der Waals surface area contributed by atoms with E-state index in [4.69, 9.17) is 9.47 Å². The van der Waals surface area contributed by atoms with Gasteiger partial charge in [-0.25, -0.2) is 0 Å². The summed E-state index contributed by atoms with van der Waals surface area (Å²) in [5.74, 6) is 0.889. The number of rotatable bonds is 5. The number of nitrogens with zero attached hydrogens (tertiary/aromatic N) is 2. The molecule has 4 heteroatoms. The second-order valence-electron chi connectivity index (χ2n) is 7.26. The highest BCUT2D eigenvalue weighted by atomic mass is 16.5. The van der Waals surface area contributed by atoms with Crippen molar-refractivity contribution in [2.45, 2.75) is 18.9 Å². The summed E-state index contributed by atoms with van der Waals surface area (Å²) in [7, 11) is 1.80. The van der Waals surface area contributed by atoms with Crippen LogP contribution in [-0.2, 0) is 9.47 Å². The monoisotopic (exact) mass is 304 g/mol. The quantitative estimate of drug-likeness (QED) is 0.769. The van der Waals surface area contributed by atoms with Crippen LogP contribution in [0.4, 0.5) is 0 Å². The summed E-state index contributed by atoms with van der Waals surface area (Å²) < 4.78 is 10.7. The van der Waals surface area contributed by atoms with E-state index < -0.39 is 0 Å². The van der Waals surface area contributed by atoms with Crippen LogP contribution >= 0.6 is 0 Å². The van der Waals surface area contributed by atoms with Crippen LogP contribution < -0.4 is 0 Å². The largest absolute Gasteiger partial charge is 0.383 e. The van der Waals surface area contributed by atoms with Gasteiger partial charge in [-0.3, -0.25) is 9.80 Å². The van der Waals surface area contributed by atoms with Crippen LogP contribution in [0.2, 0.25) is 0 Å². The van der Waals surface area contributed by atoms with Gasteiger partial charge in [0, 0.05) is 51.3 Å². The Morgan fingerprint density at radius 2 is 2.23 bits per heavy atom. The van der Waals surface area contributed by atoms with Crippen molar-refractivity contribution in [3.8, 4) is 0 Å². The van der Waals surface area contributed by atoms with Gasteiger partial charge in [-0.05, 0) is 24.3 Å². The fourth-order valence-electron chi connectivity index (χ4n) is 4.58. The molecule has 2 saturated heterocycles.